The quantitative estimate of drug-likeness (QED) is 0.838. The first-order valence-corrected chi connectivity index (χ1v) is 4.72. The molecule has 14 heavy (non-hydrogen) atoms. The first-order chi connectivity index (χ1) is 6.52. The van der Waals surface area contributed by atoms with Crippen molar-refractivity contribution < 1.29 is 9.90 Å². The maximum Gasteiger partial charge on any atom is 0.306 e. The number of rotatable bonds is 3. The van der Waals surface area contributed by atoms with E-state index in [1.54, 1.807) is 19.3 Å². The molecule has 0 spiro atoms. The van der Waals surface area contributed by atoms with Crippen LogP contribution < -0.4 is 0 Å². The van der Waals surface area contributed by atoms with Gasteiger partial charge in [-0.05, 0) is 24.5 Å². The van der Waals surface area contributed by atoms with Gasteiger partial charge in [0.2, 0.25) is 0 Å². The third-order valence-corrected chi connectivity index (χ3v) is 2.48. The number of pyridine rings is 1. The van der Waals surface area contributed by atoms with Gasteiger partial charge in [-0.15, -0.1) is 0 Å². The molecule has 4 heteroatoms. The number of halogens is 1. The van der Waals surface area contributed by atoms with Crippen LogP contribution in [0.15, 0.2) is 12.4 Å². The molecule has 0 saturated carbocycles. The van der Waals surface area contributed by atoms with Gasteiger partial charge in [0.15, 0.2) is 0 Å². The molecule has 0 amide bonds. The second-order valence-electron chi connectivity index (χ2n) is 3.36. The molecule has 1 rings (SSSR count). The lowest BCUT2D eigenvalue weighted by atomic mass is 9.99. The van der Waals surface area contributed by atoms with E-state index in [1.165, 1.54) is 0 Å². The third-order valence-electron chi connectivity index (χ3n) is 2.15. The molecule has 1 aromatic rings. The molecule has 0 radical (unpaired) electrons. The molecule has 0 fully saturated rings. The molecular weight excluding hydrogens is 202 g/mol. The number of aryl methyl sites for hydroxylation is 1. The molecule has 76 valence electrons. The lowest BCUT2D eigenvalue weighted by Gasteiger charge is -2.10. The standard InChI is InChI=1S/C10H12ClNO2/c1-6(10(13)14)3-8-7(2)4-12-5-9(8)11/h4-6H,3H2,1-2H3,(H,13,14). The van der Waals surface area contributed by atoms with Gasteiger partial charge in [-0.3, -0.25) is 9.78 Å². The van der Waals surface area contributed by atoms with Crippen molar-refractivity contribution in [2.75, 3.05) is 0 Å². The first-order valence-electron chi connectivity index (χ1n) is 4.34. The Bertz CT molecular complexity index is 332. The highest BCUT2D eigenvalue weighted by Gasteiger charge is 2.15. The average molecular weight is 214 g/mol. The van der Waals surface area contributed by atoms with Gasteiger partial charge in [-0.1, -0.05) is 18.5 Å². The van der Waals surface area contributed by atoms with Crippen molar-refractivity contribution in [3.05, 3.63) is 28.5 Å². The van der Waals surface area contributed by atoms with Crippen LogP contribution in [0.3, 0.4) is 0 Å². The zero-order valence-electron chi connectivity index (χ0n) is 8.12. The fourth-order valence-electron chi connectivity index (χ4n) is 1.21. The summed E-state index contributed by atoms with van der Waals surface area (Å²) in [5.41, 5.74) is 1.81. The zero-order chi connectivity index (χ0) is 10.7. The fourth-order valence-corrected chi connectivity index (χ4v) is 1.49. The Morgan fingerprint density at radius 1 is 1.64 bits per heavy atom. The van der Waals surface area contributed by atoms with Gasteiger partial charge in [0.05, 0.1) is 10.9 Å². The van der Waals surface area contributed by atoms with Crippen LogP contribution >= 0.6 is 11.6 Å². The second-order valence-corrected chi connectivity index (χ2v) is 3.77. The molecule has 1 N–H and O–H groups in total. The summed E-state index contributed by atoms with van der Waals surface area (Å²) in [7, 11) is 0. The van der Waals surface area contributed by atoms with E-state index in [9.17, 15) is 4.79 Å². The van der Waals surface area contributed by atoms with Crippen LogP contribution in [0.1, 0.15) is 18.1 Å². The van der Waals surface area contributed by atoms with Crippen LogP contribution in [0.4, 0.5) is 0 Å². The van der Waals surface area contributed by atoms with Crippen molar-refractivity contribution in [2.24, 2.45) is 5.92 Å². The Kier molecular flexibility index (Phi) is 3.47. The summed E-state index contributed by atoms with van der Waals surface area (Å²) >= 11 is 5.92. The number of hydrogen-bond acceptors (Lipinski definition) is 2. The Balaban J connectivity index is 2.91. The summed E-state index contributed by atoms with van der Waals surface area (Å²) in [6.45, 7) is 3.54. The fraction of sp³-hybridized carbons (Fsp3) is 0.400. The summed E-state index contributed by atoms with van der Waals surface area (Å²) in [5, 5.41) is 9.31. The van der Waals surface area contributed by atoms with Gasteiger partial charge in [0, 0.05) is 12.4 Å². The Morgan fingerprint density at radius 2 is 2.29 bits per heavy atom. The van der Waals surface area contributed by atoms with E-state index in [0.29, 0.717) is 11.4 Å². The van der Waals surface area contributed by atoms with E-state index < -0.39 is 11.9 Å². The van der Waals surface area contributed by atoms with Crippen molar-refractivity contribution in [1.82, 2.24) is 4.98 Å². The summed E-state index contributed by atoms with van der Waals surface area (Å²) in [5.74, 6) is -1.23. The third kappa shape index (κ3) is 2.45. The van der Waals surface area contributed by atoms with Crippen molar-refractivity contribution in [1.29, 1.82) is 0 Å². The minimum absolute atomic E-state index is 0.423. The van der Waals surface area contributed by atoms with E-state index >= 15 is 0 Å². The molecule has 1 unspecified atom stereocenters. The molecule has 0 saturated heterocycles. The number of carbonyl (C=O) groups is 1. The van der Waals surface area contributed by atoms with Gasteiger partial charge in [-0.2, -0.15) is 0 Å². The van der Waals surface area contributed by atoms with Crippen LogP contribution in [-0.2, 0) is 11.2 Å². The van der Waals surface area contributed by atoms with Crippen LogP contribution in [0, 0.1) is 12.8 Å². The number of aromatic nitrogens is 1. The number of hydrogen-bond donors (Lipinski definition) is 1. The lowest BCUT2D eigenvalue weighted by molar-refractivity contribution is -0.141. The molecule has 0 aliphatic carbocycles. The van der Waals surface area contributed by atoms with E-state index in [1.807, 2.05) is 6.92 Å². The summed E-state index contributed by atoms with van der Waals surface area (Å²) in [6, 6.07) is 0. The lowest BCUT2D eigenvalue weighted by Crippen LogP contribution is -2.13. The number of carboxylic acid groups (broad SMARTS) is 1. The minimum Gasteiger partial charge on any atom is -0.481 e. The number of nitrogens with zero attached hydrogens (tertiary/aromatic N) is 1. The maximum absolute atomic E-state index is 10.7. The van der Waals surface area contributed by atoms with Crippen molar-refractivity contribution in [3.63, 3.8) is 0 Å². The normalized spacial score (nSPS) is 12.5. The Morgan fingerprint density at radius 3 is 2.79 bits per heavy atom. The molecular formula is C10H12ClNO2. The molecule has 3 nitrogen and oxygen atoms in total. The van der Waals surface area contributed by atoms with E-state index in [0.717, 1.165) is 11.1 Å². The Labute approximate surface area is 87.7 Å². The molecule has 0 aliphatic rings. The topological polar surface area (TPSA) is 50.2 Å². The van der Waals surface area contributed by atoms with Crippen molar-refractivity contribution >= 4 is 17.6 Å². The van der Waals surface area contributed by atoms with Gasteiger partial charge in [0.1, 0.15) is 0 Å². The van der Waals surface area contributed by atoms with Gasteiger partial charge in [-0.25, -0.2) is 0 Å². The highest BCUT2D eigenvalue weighted by Crippen LogP contribution is 2.21. The summed E-state index contributed by atoms with van der Waals surface area (Å²) in [4.78, 5) is 14.6. The highest BCUT2D eigenvalue weighted by atomic mass is 35.5. The zero-order valence-corrected chi connectivity index (χ0v) is 8.88. The molecule has 1 heterocycles. The number of carboxylic acids is 1. The predicted octanol–water partition coefficient (Wildman–Crippen LogP) is 2.31. The minimum atomic E-state index is -0.808. The molecule has 0 aromatic carbocycles. The largest absolute Gasteiger partial charge is 0.481 e. The SMILES string of the molecule is Cc1cncc(Cl)c1CC(C)C(=O)O. The van der Waals surface area contributed by atoms with Crippen LogP contribution in [0.5, 0.6) is 0 Å². The van der Waals surface area contributed by atoms with Gasteiger partial charge >= 0.3 is 5.97 Å². The second kappa shape index (κ2) is 4.42. The molecule has 0 bridgehead atoms. The highest BCUT2D eigenvalue weighted by molar-refractivity contribution is 6.31. The number of aliphatic carboxylic acids is 1. The van der Waals surface area contributed by atoms with Crippen LogP contribution in [0.2, 0.25) is 5.02 Å². The first kappa shape index (κ1) is 11.0. The smallest absolute Gasteiger partial charge is 0.306 e. The summed E-state index contributed by atoms with van der Waals surface area (Å²) < 4.78 is 0. The van der Waals surface area contributed by atoms with E-state index in [4.69, 9.17) is 16.7 Å². The molecule has 0 aliphatic heterocycles. The van der Waals surface area contributed by atoms with Gasteiger partial charge in [0.25, 0.3) is 0 Å². The van der Waals surface area contributed by atoms with Crippen molar-refractivity contribution in [2.45, 2.75) is 20.3 Å². The van der Waals surface area contributed by atoms with Gasteiger partial charge < -0.3 is 5.11 Å². The maximum atomic E-state index is 10.7. The van der Waals surface area contributed by atoms with Crippen molar-refractivity contribution in [3.8, 4) is 0 Å². The van der Waals surface area contributed by atoms with Crippen LogP contribution in [0.25, 0.3) is 0 Å². The average Bonchev–Trinajstić information content (AvgIpc) is 2.11. The van der Waals surface area contributed by atoms with E-state index in [2.05, 4.69) is 4.98 Å². The van der Waals surface area contributed by atoms with E-state index in [-0.39, 0.29) is 0 Å². The van der Waals surface area contributed by atoms with Crippen LogP contribution in [-0.4, -0.2) is 16.1 Å². The summed E-state index contributed by atoms with van der Waals surface area (Å²) in [6.07, 6.45) is 3.68. The Hall–Kier alpha value is -1.09. The molecule has 1 aromatic heterocycles. The predicted molar refractivity (Wildman–Crippen MR) is 54.5 cm³/mol. The molecule has 1 atom stereocenters. The monoisotopic (exact) mass is 213 g/mol.